The molecule has 1 unspecified atom stereocenters. The Morgan fingerprint density at radius 2 is 2.10 bits per heavy atom. The van der Waals surface area contributed by atoms with Crippen LogP contribution in [0.4, 0.5) is 0 Å². The van der Waals surface area contributed by atoms with E-state index in [1.165, 1.54) is 0 Å². The molecule has 2 rings (SSSR count). The third kappa shape index (κ3) is 3.31. The fraction of sp³-hybridized carbons (Fsp3) is 0.375. The van der Waals surface area contributed by atoms with Crippen molar-refractivity contribution in [2.24, 2.45) is 0 Å². The topological polar surface area (TPSA) is 67.2 Å². The first-order valence-electron chi connectivity index (χ1n) is 7.11. The van der Waals surface area contributed by atoms with E-state index in [1.807, 2.05) is 50.4 Å². The van der Waals surface area contributed by atoms with Gasteiger partial charge in [0, 0.05) is 19.2 Å². The molecule has 0 aliphatic carbocycles. The van der Waals surface area contributed by atoms with Gasteiger partial charge in [-0.2, -0.15) is 5.10 Å². The van der Waals surface area contributed by atoms with Crippen LogP contribution in [0, 0.1) is 6.92 Å². The molecule has 5 nitrogen and oxygen atoms in total. The molecule has 0 aliphatic rings. The molecular formula is C16H21N3O2. The maximum atomic E-state index is 11.9. The van der Waals surface area contributed by atoms with Gasteiger partial charge in [0.2, 0.25) is 0 Å². The zero-order valence-corrected chi connectivity index (χ0v) is 12.4. The maximum absolute atomic E-state index is 11.9. The van der Waals surface area contributed by atoms with Crippen molar-refractivity contribution >= 4 is 5.97 Å². The molecule has 0 saturated heterocycles. The van der Waals surface area contributed by atoms with E-state index in [9.17, 15) is 9.90 Å². The van der Waals surface area contributed by atoms with Gasteiger partial charge in [0.1, 0.15) is 5.54 Å². The van der Waals surface area contributed by atoms with Crippen molar-refractivity contribution in [3.8, 4) is 0 Å². The van der Waals surface area contributed by atoms with E-state index in [1.54, 1.807) is 10.9 Å². The maximum Gasteiger partial charge on any atom is 0.328 e. The SMILES string of the molecule is CCNC(CCn1cc(C)cn1)(C(=O)O)c1ccccc1. The number of hydrogen-bond donors (Lipinski definition) is 2. The minimum atomic E-state index is -1.09. The second-order valence-corrected chi connectivity index (χ2v) is 5.14. The smallest absolute Gasteiger partial charge is 0.328 e. The zero-order valence-electron chi connectivity index (χ0n) is 12.4. The highest BCUT2D eigenvalue weighted by molar-refractivity contribution is 5.80. The molecule has 1 heterocycles. The number of nitrogens with one attached hydrogen (secondary N) is 1. The van der Waals surface area contributed by atoms with Gasteiger partial charge in [-0.3, -0.25) is 10.00 Å². The summed E-state index contributed by atoms with van der Waals surface area (Å²) in [5.41, 5.74) is 0.748. The first kappa shape index (κ1) is 15.3. The molecule has 112 valence electrons. The Labute approximate surface area is 124 Å². The number of carboxylic acids is 1. The van der Waals surface area contributed by atoms with Gasteiger partial charge in [-0.1, -0.05) is 37.3 Å². The van der Waals surface area contributed by atoms with Crippen LogP contribution >= 0.6 is 0 Å². The van der Waals surface area contributed by atoms with Crippen LogP contribution in [0.1, 0.15) is 24.5 Å². The van der Waals surface area contributed by atoms with Crippen molar-refractivity contribution in [3.63, 3.8) is 0 Å². The van der Waals surface area contributed by atoms with Gasteiger partial charge in [0.15, 0.2) is 0 Å². The average molecular weight is 287 g/mol. The highest BCUT2D eigenvalue weighted by Gasteiger charge is 2.39. The molecule has 1 aromatic heterocycles. The predicted molar refractivity (Wildman–Crippen MR) is 81.0 cm³/mol. The molecular weight excluding hydrogens is 266 g/mol. The van der Waals surface area contributed by atoms with Gasteiger partial charge in [0.05, 0.1) is 6.20 Å². The Kier molecular flexibility index (Phi) is 4.75. The molecule has 2 aromatic rings. The average Bonchev–Trinajstić information content (AvgIpc) is 2.90. The molecule has 0 amide bonds. The van der Waals surface area contributed by atoms with Gasteiger partial charge in [-0.25, -0.2) is 4.79 Å². The summed E-state index contributed by atoms with van der Waals surface area (Å²) < 4.78 is 1.79. The first-order valence-corrected chi connectivity index (χ1v) is 7.11. The number of aromatic nitrogens is 2. The summed E-state index contributed by atoms with van der Waals surface area (Å²) in [5.74, 6) is -0.862. The summed E-state index contributed by atoms with van der Waals surface area (Å²) in [7, 11) is 0. The van der Waals surface area contributed by atoms with E-state index in [4.69, 9.17) is 0 Å². The van der Waals surface area contributed by atoms with Gasteiger partial charge in [-0.05, 0) is 24.6 Å². The van der Waals surface area contributed by atoms with E-state index in [0.29, 0.717) is 19.5 Å². The predicted octanol–water partition coefficient (Wildman–Crippen LogP) is 2.17. The lowest BCUT2D eigenvalue weighted by atomic mass is 9.86. The van der Waals surface area contributed by atoms with Crippen LogP contribution < -0.4 is 5.32 Å². The third-order valence-electron chi connectivity index (χ3n) is 3.59. The van der Waals surface area contributed by atoms with Crippen molar-refractivity contribution in [1.29, 1.82) is 0 Å². The number of aryl methyl sites for hydroxylation is 2. The van der Waals surface area contributed by atoms with Crippen LogP contribution in [0.25, 0.3) is 0 Å². The van der Waals surface area contributed by atoms with E-state index in [2.05, 4.69) is 10.4 Å². The lowest BCUT2D eigenvalue weighted by Crippen LogP contribution is -2.49. The number of nitrogens with zero attached hydrogens (tertiary/aromatic N) is 2. The fourth-order valence-corrected chi connectivity index (χ4v) is 2.54. The molecule has 0 aliphatic heterocycles. The molecule has 21 heavy (non-hydrogen) atoms. The lowest BCUT2D eigenvalue weighted by molar-refractivity contribution is -0.146. The number of aliphatic carboxylic acids is 1. The van der Waals surface area contributed by atoms with Gasteiger partial charge in [-0.15, -0.1) is 0 Å². The Balaban J connectivity index is 2.28. The Morgan fingerprint density at radius 1 is 1.38 bits per heavy atom. The zero-order chi connectivity index (χ0) is 15.3. The van der Waals surface area contributed by atoms with E-state index in [0.717, 1.165) is 11.1 Å². The lowest BCUT2D eigenvalue weighted by Gasteiger charge is -2.31. The van der Waals surface area contributed by atoms with Crippen LogP contribution in [-0.2, 0) is 16.9 Å². The summed E-state index contributed by atoms with van der Waals surface area (Å²) in [4.78, 5) is 11.9. The summed E-state index contributed by atoms with van der Waals surface area (Å²) in [5, 5.41) is 17.2. The Bertz CT molecular complexity index is 595. The number of carbonyl (C=O) groups is 1. The van der Waals surface area contributed by atoms with Crippen LogP contribution in [0.5, 0.6) is 0 Å². The Hall–Kier alpha value is -2.14. The highest BCUT2D eigenvalue weighted by atomic mass is 16.4. The molecule has 5 heteroatoms. The molecule has 2 N–H and O–H groups in total. The van der Waals surface area contributed by atoms with Gasteiger partial charge < -0.3 is 5.11 Å². The molecule has 0 bridgehead atoms. The van der Waals surface area contributed by atoms with Crippen LogP contribution in [-0.4, -0.2) is 27.4 Å². The standard InChI is InChI=1S/C16H21N3O2/c1-3-17-16(15(20)21,14-7-5-4-6-8-14)9-10-19-12-13(2)11-18-19/h4-8,11-12,17H,3,9-10H2,1-2H3,(H,20,21). The number of benzene rings is 1. The summed E-state index contributed by atoms with van der Waals surface area (Å²) in [6.07, 6.45) is 4.13. The van der Waals surface area contributed by atoms with Crippen LogP contribution in [0.2, 0.25) is 0 Å². The van der Waals surface area contributed by atoms with Crippen LogP contribution in [0.3, 0.4) is 0 Å². The van der Waals surface area contributed by atoms with Crippen molar-refractivity contribution < 1.29 is 9.90 Å². The number of hydrogen-bond acceptors (Lipinski definition) is 3. The van der Waals surface area contributed by atoms with Crippen molar-refractivity contribution in [2.75, 3.05) is 6.54 Å². The quantitative estimate of drug-likeness (QED) is 0.819. The third-order valence-corrected chi connectivity index (χ3v) is 3.59. The van der Waals surface area contributed by atoms with Crippen molar-refractivity contribution in [3.05, 3.63) is 53.9 Å². The summed E-state index contributed by atoms with van der Waals surface area (Å²) in [6, 6.07) is 9.32. The molecule has 1 aromatic carbocycles. The second kappa shape index (κ2) is 6.54. The van der Waals surface area contributed by atoms with Crippen molar-refractivity contribution in [1.82, 2.24) is 15.1 Å². The first-order chi connectivity index (χ1) is 10.1. The highest BCUT2D eigenvalue weighted by Crippen LogP contribution is 2.26. The second-order valence-electron chi connectivity index (χ2n) is 5.14. The van der Waals surface area contributed by atoms with E-state index in [-0.39, 0.29) is 0 Å². The largest absolute Gasteiger partial charge is 0.480 e. The minimum absolute atomic E-state index is 0.432. The van der Waals surface area contributed by atoms with Gasteiger partial charge >= 0.3 is 5.97 Å². The molecule has 0 saturated carbocycles. The summed E-state index contributed by atoms with van der Waals surface area (Å²) >= 11 is 0. The number of likely N-dealkylation sites (N-methyl/N-ethyl adjacent to an activating group) is 1. The van der Waals surface area contributed by atoms with E-state index < -0.39 is 11.5 Å². The monoisotopic (exact) mass is 287 g/mol. The molecule has 0 radical (unpaired) electrons. The number of rotatable bonds is 7. The molecule has 0 spiro atoms. The summed E-state index contributed by atoms with van der Waals surface area (Å²) in [6.45, 7) is 5.01. The molecule has 0 fully saturated rings. The van der Waals surface area contributed by atoms with Gasteiger partial charge in [0.25, 0.3) is 0 Å². The fourth-order valence-electron chi connectivity index (χ4n) is 2.54. The normalized spacial score (nSPS) is 13.8. The minimum Gasteiger partial charge on any atom is -0.480 e. The number of carboxylic acid groups (broad SMARTS) is 1. The van der Waals surface area contributed by atoms with E-state index >= 15 is 0 Å². The Morgan fingerprint density at radius 3 is 2.62 bits per heavy atom. The molecule has 1 atom stereocenters. The van der Waals surface area contributed by atoms with Crippen LogP contribution in [0.15, 0.2) is 42.7 Å². The van der Waals surface area contributed by atoms with Crippen molar-refractivity contribution in [2.45, 2.75) is 32.4 Å².